The first kappa shape index (κ1) is 18.8. The third-order valence-electron chi connectivity index (χ3n) is 5.68. The Morgan fingerprint density at radius 3 is 2.70 bits per heavy atom. The molecule has 0 saturated carbocycles. The molecule has 0 amide bonds. The Labute approximate surface area is 175 Å². The van der Waals surface area contributed by atoms with Crippen molar-refractivity contribution >= 4 is 11.3 Å². The van der Waals surface area contributed by atoms with Crippen LogP contribution in [0, 0.1) is 5.82 Å². The zero-order chi connectivity index (χ0) is 21.1. The fourth-order valence-electron chi connectivity index (χ4n) is 4.65. The molecule has 1 aromatic heterocycles. The zero-order valence-corrected chi connectivity index (χ0v) is 17.2. The summed E-state index contributed by atoms with van der Waals surface area (Å²) in [7, 11) is 0. The SMILES string of the molecule is CC1=CC(C)(C)Nc2ccc3c(c21)C(O)(Cc1ccccn1)Oc1ccc(F)cc1-3. The van der Waals surface area contributed by atoms with Crippen molar-refractivity contribution in [1.29, 1.82) is 0 Å². The minimum Gasteiger partial charge on any atom is -0.457 e. The molecule has 1 unspecified atom stereocenters. The summed E-state index contributed by atoms with van der Waals surface area (Å²) in [6.07, 6.45) is 4.00. The van der Waals surface area contributed by atoms with Gasteiger partial charge >= 0.3 is 0 Å². The normalized spacial score (nSPS) is 20.8. The van der Waals surface area contributed by atoms with E-state index >= 15 is 0 Å². The van der Waals surface area contributed by atoms with Gasteiger partial charge in [-0.05, 0) is 68.3 Å². The highest BCUT2D eigenvalue weighted by Gasteiger charge is 2.44. The number of hydrogen-bond donors (Lipinski definition) is 2. The third kappa shape index (κ3) is 2.97. The predicted octanol–water partition coefficient (Wildman–Crippen LogP) is 5.28. The maximum Gasteiger partial charge on any atom is 0.241 e. The van der Waals surface area contributed by atoms with E-state index in [0.717, 1.165) is 22.4 Å². The van der Waals surface area contributed by atoms with Crippen LogP contribution in [0.25, 0.3) is 16.7 Å². The number of anilines is 1. The number of pyridine rings is 1. The van der Waals surface area contributed by atoms with Crippen molar-refractivity contribution in [3.8, 4) is 16.9 Å². The Morgan fingerprint density at radius 1 is 1.10 bits per heavy atom. The van der Waals surface area contributed by atoms with Crippen LogP contribution >= 0.6 is 0 Å². The Morgan fingerprint density at radius 2 is 1.93 bits per heavy atom. The predicted molar refractivity (Wildman–Crippen MR) is 116 cm³/mol. The Balaban J connectivity index is 1.78. The van der Waals surface area contributed by atoms with Gasteiger partial charge in [0.2, 0.25) is 5.79 Å². The van der Waals surface area contributed by atoms with Crippen molar-refractivity contribution in [2.24, 2.45) is 0 Å². The second-order valence-corrected chi connectivity index (χ2v) is 8.61. The lowest BCUT2D eigenvalue weighted by atomic mass is 9.79. The van der Waals surface area contributed by atoms with E-state index < -0.39 is 5.79 Å². The van der Waals surface area contributed by atoms with Crippen LogP contribution in [-0.4, -0.2) is 15.6 Å². The van der Waals surface area contributed by atoms with Crippen LogP contribution < -0.4 is 10.1 Å². The summed E-state index contributed by atoms with van der Waals surface area (Å²) in [4.78, 5) is 4.38. The number of halogens is 1. The molecule has 0 saturated heterocycles. The molecule has 2 N–H and O–H groups in total. The number of hydrogen-bond acceptors (Lipinski definition) is 4. The van der Waals surface area contributed by atoms with Gasteiger partial charge < -0.3 is 15.2 Å². The molecular weight excluding hydrogens is 379 g/mol. The van der Waals surface area contributed by atoms with Gasteiger partial charge in [0, 0.05) is 34.3 Å². The van der Waals surface area contributed by atoms with Crippen LogP contribution in [0.4, 0.5) is 10.1 Å². The average Bonchev–Trinajstić information content (AvgIpc) is 2.68. The van der Waals surface area contributed by atoms with Gasteiger partial charge in [-0.15, -0.1) is 0 Å². The van der Waals surface area contributed by atoms with Crippen molar-refractivity contribution < 1.29 is 14.2 Å². The number of fused-ring (bicyclic) bond motifs is 5. The summed E-state index contributed by atoms with van der Waals surface area (Å²) < 4.78 is 20.3. The molecule has 2 aliphatic heterocycles. The van der Waals surface area contributed by atoms with Crippen molar-refractivity contribution in [1.82, 2.24) is 4.98 Å². The minimum atomic E-state index is -1.64. The van der Waals surface area contributed by atoms with Crippen LogP contribution in [-0.2, 0) is 12.2 Å². The smallest absolute Gasteiger partial charge is 0.241 e. The van der Waals surface area contributed by atoms with Crippen molar-refractivity contribution in [2.45, 2.75) is 38.5 Å². The third-order valence-corrected chi connectivity index (χ3v) is 5.68. The first-order valence-electron chi connectivity index (χ1n) is 10.0. The number of benzene rings is 2. The fraction of sp³-hybridized carbons (Fsp3) is 0.240. The largest absolute Gasteiger partial charge is 0.457 e. The lowest BCUT2D eigenvalue weighted by Crippen LogP contribution is -2.41. The first-order valence-corrected chi connectivity index (χ1v) is 10.0. The molecule has 1 atom stereocenters. The monoisotopic (exact) mass is 402 g/mol. The molecule has 2 aliphatic rings. The van der Waals surface area contributed by atoms with E-state index in [1.54, 1.807) is 12.3 Å². The van der Waals surface area contributed by atoms with Gasteiger partial charge in [-0.25, -0.2) is 4.39 Å². The molecule has 5 heteroatoms. The number of nitrogens with zero attached hydrogens (tertiary/aromatic N) is 1. The maximum absolute atomic E-state index is 14.1. The van der Waals surface area contributed by atoms with Crippen molar-refractivity contribution in [3.63, 3.8) is 0 Å². The van der Waals surface area contributed by atoms with E-state index in [2.05, 4.69) is 30.2 Å². The fourth-order valence-corrected chi connectivity index (χ4v) is 4.65. The molecule has 5 rings (SSSR count). The van der Waals surface area contributed by atoms with Gasteiger partial charge in [-0.1, -0.05) is 18.2 Å². The molecule has 3 aromatic rings. The summed E-state index contributed by atoms with van der Waals surface area (Å²) in [5, 5.41) is 15.4. The first-order chi connectivity index (χ1) is 14.3. The highest BCUT2D eigenvalue weighted by molar-refractivity contribution is 5.90. The molecule has 0 fully saturated rings. The summed E-state index contributed by atoms with van der Waals surface area (Å²) in [6.45, 7) is 6.23. The molecular formula is C25H23FN2O2. The standard InChI is InChI=1S/C25H23FN2O2/c1-15-13-24(2,3)28-20-9-8-18-19-12-16(26)7-10-21(19)30-25(29,23(18)22(15)20)14-17-6-4-5-11-27-17/h4-13,28-29H,14H2,1-3H3. The van der Waals surface area contributed by atoms with E-state index in [1.165, 1.54) is 12.1 Å². The highest BCUT2D eigenvalue weighted by atomic mass is 19.1. The lowest BCUT2D eigenvalue weighted by Gasteiger charge is -2.40. The quantitative estimate of drug-likeness (QED) is 0.613. The number of allylic oxidation sites excluding steroid dienone is 1. The molecule has 0 radical (unpaired) electrons. The van der Waals surface area contributed by atoms with Gasteiger partial charge in [0.25, 0.3) is 0 Å². The van der Waals surface area contributed by atoms with E-state index in [0.29, 0.717) is 22.6 Å². The Hall–Kier alpha value is -3.18. The van der Waals surface area contributed by atoms with E-state index in [4.69, 9.17) is 4.74 Å². The van der Waals surface area contributed by atoms with Crippen LogP contribution in [0.5, 0.6) is 5.75 Å². The lowest BCUT2D eigenvalue weighted by molar-refractivity contribution is -0.147. The number of aromatic nitrogens is 1. The van der Waals surface area contributed by atoms with E-state index in [1.807, 2.05) is 37.3 Å². The molecule has 2 aromatic carbocycles. The summed E-state index contributed by atoms with van der Waals surface area (Å²) in [6, 6.07) is 13.9. The van der Waals surface area contributed by atoms with Gasteiger partial charge in [-0.3, -0.25) is 4.98 Å². The van der Waals surface area contributed by atoms with E-state index in [9.17, 15) is 9.50 Å². The summed E-state index contributed by atoms with van der Waals surface area (Å²) in [5.41, 5.74) is 5.37. The number of ether oxygens (including phenoxy) is 1. The average molecular weight is 402 g/mol. The van der Waals surface area contributed by atoms with Gasteiger partial charge in [-0.2, -0.15) is 0 Å². The maximum atomic E-state index is 14.1. The van der Waals surface area contributed by atoms with Crippen molar-refractivity contribution in [3.05, 3.63) is 83.4 Å². The van der Waals surface area contributed by atoms with E-state index in [-0.39, 0.29) is 17.8 Å². The van der Waals surface area contributed by atoms with Gasteiger partial charge in [0.1, 0.15) is 11.6 Å². The molecule has 3 heterocycles. The second kappa shape index (κ2) is 6.41. The second-order valence-electron chi connectivity index (χ2n) is 8.61. The van der Waals surface area contributed by atoms with Crippen molar-refractivity contribution in [2.75, 3.05) is 5.32 Å². The topological polar surface area (TPSA) is 54.4 Å². The molecule has 30 heavy (non-hydrogen) atoms. The number of rotatable bonds is 2. The summed E-state index contributed by atoms with van der Waals surface area (Å²) >= 11 is 0. The Kier molecular flexibility index (Phi) is 4.02. The van der Waals surface area contributed by atoms with Crippen LogP contribution in [0.2, 0.25) is 0 Å². The van der Waals surface area contributed by atoms with Crippen LogP contribution in [0.1, 0.15) is 37.6 Å². The zero-order valence-electron chi connectivity index (χ0n) is 17.2. The van der Waals surface area contributed by atoms with Gasteiger partial charge in [0.15, 0.2) is 0 Å². The summed E-state index contributed by atoms with van der Waals surface area (Å²) in [5.74, 6) is -1.53. The van der Waals surface area contributed by atoms with Crippen LogP contribution in [0.3, 0.4) is 0 Å². The minimum absolute atomic E-state index is 0.171. The Bertz CT molecular complexity index is 1190. The van der Waals surface area contributed by atoms with Crippen LogP contribution in [0.15, 0.2) is 60.8 Å². The molecule has 4 nitrogen and oxygen atoms in total. The molecule has 152 valence electrons. The van der Waals surface area contributed by atoms with Gasteiger partial charge in [0.05, 0.1) is 12.0 Å². The molecule has 0 aliphatic carbocycles. The number of nitrogens with one attached hydrogen (secondary N) is 1. The molecule has 0 bridgehead atoms. The highest BCUT2D eigenvalue weighted by Crippen LogP contribution is 2.51. The molecule has 0 spiro atoms. The number of aliphatic hydroxyl groups is 1.